The molecule has 0 amide bonds. The van der Waals surface area contributed by atoms with E-state index in [9.17, 15) is 0 Å². The van der Waals surface area contributed by atoms with Crippen LogP contribution >= 0.6 is 15.9 Å². The van der Waals surface area contributed by atoms with Crippen LogP contribution in [0.15, 0.2) is 27.7 Å². The second kappa shape index (κ2) is 4.33. The number of aliphatic imine (C=N–C) groups is 1. The quantitative estimate of drug-likeness (QED) is 0.373. The lowest BCUT2D eigenvalue weighted by atomic mass is 10.1. The second-order valence-electron chi connectivity index (χ2n) is 3.77. The molecule has 0 spiro atoms. The minimum atomic E-state index is 0.467. The highest BCUT2D eigenvalue weighted by Gasteiger charge is 2.21. The molecule has 0 unspecified atom stereocenters. The Hall–Kier alpha value is -0.870. The number of hydrogen-bond donors (Lipinski definition) is 2. The Morgan fingerprint density at radius 2 is 2.27 bits per heavy atom. The number of rotatable bonds is 2. The SMILES string of the molecule is Cc1c(Br)cccc1C(=NC1CC1)NN. The summed E-state index contributed by atoms with van der Waals surface area (Å²) in [5.74, 6) is 6.29. The molecule has 0 heterocycles. The van der Waals surface area contributed by atoms with Gasteiger partial charge in [0.2, 0.25) is 0 Å². The summed E-state index contributed by atoms with van der Waals surface area (Å²) in [6.07, 6.45) is 2.36. The van der Waals surface area contributed by atoms with Crippen molar-refractivity contribution in [1.29, 1.82) is 0 Å². The molecule has 1 saturated carbocycles. The van der Waals surface area contributed by atoms with Gasteiger partial charge < -0.3 is 5.43 Å². The highest BCUT2D eigenvalue weighted by molar-refractivity contribution is 9.10. The predicted molar refractivity (Wildman–Crippen MR) is 65.8 cm³/mol. The molecule has 1 aliphatic rings. The normalized spacial score (nSPS) is 16.6. The average molecular weight is 268 g/mol. The van der Waals surface area contributed by atoms with Gasteiger partial charge in [0.1, 0.15) is 5.84 Å². The molecule has 3 N–H and O–H groups in total. The molecule has 0 aliphatic heterocycles. The van der Waals surface area contributed by atoms with Crippen molar-refractivity contribution in [2.45, 2.75) is 25.8 Å². The summed E-state index contributed by atoms with van der Waals surface area (Å²) in [6.45, 7) is 2.05. The summed E-state index contributed by atoms with van der Waals surface area (Å²) in [5, 5.41) is 0. The van der Waals surface area contributed by atoms with Crippen molar-refractivity contribution in [3.05, 3.63) is 33.8 Å². The first kappa shape index (κ1) is 10.6. The molecule has 0 aromatic heterocycles. The fourth-order valence-corrected chi connectivity index (χ4v) is 1.80. The fourth-order valence-electron chi connectivity index (χ4n) is 1.43. The summed E-state index contributed by atoms with van der Waals surface area (Å²) in [4.78, 5) is 4.54. The average Bonchev–Trinajstić information content (AvgIpc) is 3.03. The van der Waals surface area contributed by atoms with Crippen LogP contribution in [-0.4, -0.2) is 11.9 Å². The molecule has 0 bridgehead atoms. The summed E-state index contributed by atoms with van der Waals surface area (Å²) >= 11 is 3.50. The summed E-state index contributed by atoms with van der Waals surface area (Å²) in [6, 6.07) is 6.51. The number of nitrogens with one attached hydrogen (secondary N) is 1. The van der Waals surface area contributed by atoms with Crippen LogP contribution in [0.1, 0.15) is 24.0 Å². The fraction of sp³-hybridized carbons (Fsp3) is 0.364. The van der Waals surface area contributed by atoms with E-state index in [-0.39, 0.29) is 0 Å². The zero-order valence-electron chi connectivity index (χ0n) is 8.63. The molecule has 1 aliphatic carbocycles. The first-order chi connectivity index (χ1) is 7.22. The van der Waals surface area contributed by atoms with Crippen molar-refractivity contribution in [2.75, 3.05) is 0 Å². The molecule has 1 aromatic carbocycles. The van der Waals surface area contributed by atoms with Crippen molar-refractivity contribution in [2.24, 2.45) is 10.8 Å². The lowest BCUT2D eigenvalue weighted by molar-refractivity contribution is 0.969. The maximum absolute atomic E-state index is 5.50. The molecule has 0 radical (unpaired) electrons. The number of hydrogen-bond acceptors (Lipinski definition) is 2. The Bertz CT molecular complexity index is 397. The van der Waals surface area contributed by atoms with E-state index >= 15 is 0 Å². The van der Waals surface area contributed by atoms with Gasteiger partial charge in [0.15, 0.2) is 0 Å². The van der Waals surface area contributed by atoms with E-state index in [1.54, 1.807) is 0 Å². The minimum Gasteiger partial charge on any atom is -0.308 e. The maximum Gasteiger partial charge on any atom is 0.143 e. The van der Waals surface area contributed by atoms with Gasteiger partial charge in [-0.15, -0.1) is 0 Å². The van der Waals surface area contributed by atoms with E-state index in [4.69, 9.17) is 5.84 Å². The third-order valence-electron chi connectivity index (χ3n) is 2.52. The largest absolute Gasteiger partial charge is 0.308 e. The van der Waals surface area contributed by atoms with Crippen LogP contribution in [0.2, 0.25) is 0 Å². The van der Waals surface area contributed by atoms with Crippen LogP contribution in [0.5, 0.6) is 0 Å². The highest BCUT2D eigenvalue weighted by Crippen LogP contribution is 2.25. The van der Waals surface area contributed by atoms with E-state index < -0.39 is 0 Å². The van der Waals surface area contributed by atoms with Crippen LogP contribution in [-0.2, 0) is 0 Å². The van der Waals surface area contributed by atoms with Gasteiger partial charge in [0.25, 0.3) is 0 Å². The van der Waals surface area contributed by atoms with Crippen molar-refractivity contribution < 1.29 is 0 Å². The summed E-state index contributed by atoms with van der Waals surface area (Å²) in [5.41, 5.74) is 4.92. The molecule has 15 heavy (non-hydrogen) atoms. The van der Waals surface area contributed by atoms with Crippen molar-refractivity contribution in [1.82, 2.24) is 5.43 Å². The minimum absolute atomic E-state index is 0.467. The molecule has 1 aromatic rings. The molecule has 0 saturated heterocycles. The van der Waals surface area contributed by atoms with E-state index in [1.807, 2.05) is 18.2 Å². The Kier molecular flexibility index (Phi) is 3.07. The van der Waals surface area contributed by atoms with Crippen LogP contribution in [0.3, 0.4) is 0 Å². The van der Waals surface area contributed by atoms with E-state index in [0.717, 1.165) is 21.4 Å². The first-order valence-corrected chi connectivity index (χ1v) is 5.81. The number of nitrogens with two attached hydrogens (primary N) is 1. The smallest absolute Gasteiger partial charge is 0.143 e. The molecular formula is C11H14BrN3. The third kappa shape index (κ3) is 2.38. The molecule has 80 valence electrons. The zero-order valence-corrected chi connectivity index (χ0v) is 10.2. The first-order valence-electron chi connectivity index (χ1n) is 5.02. The van der Waals surface area contributed by atoms with E-state index in [0.29, 0.717) is 6.04 Å². The second-order valence-corrected chi connectivity index (χ2v) is 4.62. The Morgan fingerprint density at radius 1 is 1.53 bits per heavy atom. The Balaban J connectivity index is 2.37. The highest BCUT2D eigenvalue weighted by atomic mass is 79.9. The van der Waals surface area contributed by atoms with Gasteiger partial charge in [-0.3, -0.25) is 4.99 Å². The molecular weight excluding hydrogens is 254 g/mol. The molecule has 0 atom stereocenters. The van der Waals surface area contributed by atoms with Gasteiger partial charge in [0.05, 0.1) is 6.04 Å². The molecule has 3 nitrogen and oxygen atoms in total. The maximum atomic E-state index is 5.50. The molecule has 2 rings (SSSR count). The van der Waals surface area contributed by atoms with Crippen LogP contribution in [0.4, 0.5) is 0 Å². The van der Waals surface area contributed by atoms with E-state index in [1.165, 1.54) is 12.8 Å². The molecule has 4 heteroatoms. The number of halogens is 1. The third-order valence-corrected chi connectivity index (χ3v) is 3.38. The van der Waals surface area contributed by atoms with E-state index in [2.05, 4.69) is 33.3 Å². The van der Waals surface area contributed by atoms with Crippen LogP contribution in [0.25, 0.3) is 0 Å². The predicted octanol–water partition coefficient (Wildman–Crippen LogP) is 2.13. The van der Waals surface area contributed by atoms with Gasteiger partial charge in [-0.2, -0.15) is 0 Å². The lowest BCUT2D eigenvalue weighted by Crippen LogP contribution is -2.32. The lowest BCUT2D eigenvalue weighted by Gasteiger charge is -2.10. The van der Waals surface area contributed by atoms with Crippen molar-refractivity contribution in [3.63, 3.8) is 0 Å². The van der Waals surface area contributed by atoms with Gasteiger partial charge in [0, 0.05) is 10.0 Å². The van der Waals surface area contributed by atoms with Crippen LogP contribution in [0, 0.1) is 6.92 Å². The van der Waals surface area contributed by atoms with Crippen molar-refractivity contribution >= 4 is 21.8 Å². The number of nitrogens with zero attached hydrogens (tertiary/aromatic N) is 1. The van der Waals surface area contributed by atoms with Gasteiger partial charge >= 0.3 is 0 Å². The monoisotopic (exact) mass is 267 g/mol. The van der Waals surface area contributed by atoms with Crippen molar-refractivity contribution in [3.8, 4) is 0 Å². The van der Waals surface area contributed by atoms with Crippen LogP contribution < -0.4 is 11.3 Å². The van der Waals surface area contributed by atoms with Gasteiger partial charge in [-0.1, -0.05) is 28.1 Å². The Morgan fingerprint density at radius 3 is 2.87 bits per heavy atom. The summed E-state index contributed by atoms with van der Waals surface area (Å²) < 4.78 is 1.08. The standard InChI is InChI=1S/C11H14BrN3/c1-7-9(3-2-4-10(7)12)11(15-13)14-8-5-6-8/h2-4,8H,5-6,13H2,1H3,(H,14,15). The number of amidine groups is 1. The number of benzene rings is 1. The number of hydrazine groups is 1. The molecule has 1 fully saturated rings. The topological polar surface area (TPSA) is 50.4 Å². The van der Waals surface area contributed by atoms with Gasteiger partial charge in [-0.25, -0.2) is 5.84 Å². The zero-order chi connectivity index (χ0) is 10.8. The Labute approximate surface area is 97.9 Å². The summed E-state index contributed by atoms with van der Waals surface area (Å²) in [7, 11) is 0. The van der Waals surface area contributed by atoms with Gasteiger partial charge in [-0.05, 0) is 31.4 Å².